The van der Waals surface area contributed by atoms with E-state index in [2.05, 4.69) is 11.8 Å². The topological polar surface area (TPSA) is 66.8 Å². The zero-order valence-electron chi connectivity index (χ0n) is 10.3. The van der Waals surface area contributed by atoms with E-state index in [9.17, 15) is 9.59 Å². The molecule has 1 aliphatic rings. The lowest BCUT2D eigenvalue weighted by atomic mass is 10.2. The predicted octanol–water partition coefficient (Wildman–Crippen LogP) is 1.47. The summed E-state index contributed by atoms with van der Waals surface area (Å²) in [5, 5.41) is 8.48. The Morgan fingerprint density at radius 3 is 2.59 bits per heavy atom. The maximum Gasteiger partial charge on any atom is 0.411 e. The molecular weight excluding hydrogens is 222 g/mol. The highest BCUT2D eigenvalue weighted by molar-refractivity contribution is 5.86. The van der Waals surface area contributed by atoms with Crippen molar-refractivity contribution in [1.82, 2.24) is 4.90 Å². The molecule has 0 spiro atoms. The summed E-state index contributed by atoms with van der Waals surface area (Å²) >= 11 is 0. The number of rotatable bonds is 0. The largest absolute Gasteiger partial charge is 0.472 e. The Morgan fingerprint density at radius 1 is 1.41 bits per heavy atom. The van der Waals surface area contributed by atoms with Crippen molar-refractivity contribution in [3.8, 4) is 11.8 Å². The van der Waals surface area contributed by atoms with Crippen LogP contribution >= 0.6 is 0 Å². The van der Waals surface area contributed by atoms with Gasteiger partial charge in [0.15, 0.2) is 0 Å². The van der Waals surface area contributed by atoms with Crippen LogP contribution in [0.3, 0.4) is 0 Å². The third-order valence-corrected chi connectivity index (χ3v) is 2.23. The SMILES string of the molecule is CC(C)(C)OC(=O)N1CCC[C@H]1C#CC(=O)O. The Hall–Kier alpha value is -1.70. The molecule has 94 valence electrons. The first-order valence-electron chi connectivity index (χ1n) is 5.54. The van der Waals surface area contributed by atoms with Crippen LogP contribution in [-0.4, -0.2) is 40.3 Å². The molecule has 1 rings (SSSR count). The van der Waals surface area contributed by atoms with Crippen molar-refractivity contribution in [2.75, 3.05) is 6.54 Å². The molecule has 1 amide bonds. The Bertz CT molecular complexity index is 372. The van der Waals surface area contributed by atoms with Gasteiger partial charge in [0, 0.05) is 12.5 Å². The smallest absolute Gasteiger partial charge is 0.411 e. The molecule has 0 aliphatic carbocycles. The third-order valence-electron chi connectivity index (χ3n) is 2.23. The fraction of sp³-hybridized carbons (Fsp3) is 0.667. The summed E-state index contributed by atoms with van der Waals surface area (Å²) in [7, 11) is 0. The van der Waals surface area contributed by atoms with Crippen LogP contribution in [0.25, 0.3) is 0 Å². The molecule has 0 saturated carbocycles. The second-order valence-electron chi connectivity index (χ2n) is 4.91. The normalized spacial score (nSPS) is 19.5. The standard InChI is InChI=1S/C12H17NO4/c1-12(2,3)17-11(16)13-8-4-5-9(13)6-7-10(14)15/h9H,4-5,8H2,1-3H3,(H,14,15)/t9-/m0/s1. The van der Waals surface area contributed by atoms with Crippen LogP contribution in [0.1, 0.15) is 33.6 Å². The van der Waals surface area contributed by atoms with E-state index in [1.165, 1.54) is 4.90 Å². The highest BCUT2D eigenvalue weighted by Crippen LogP contribution is 2.20. The summed E-state index contributed by atoms with van der Waals surface area (Å²) < 4.78 is 5.23. The van der Waals surface area contributed by atoms with E-state index in [0.717, 1.165) is 6.42 Å². The van der Waals surface area contributed by atoms with E-state index < -0.39 is 17.7 Å². The van der Waals surface area contributed by atoms with Gasteiger partial charge in [0.25, 0.3) is 0 Å². The summed E-state index contributed by atoms with van der Waals surface area (Å²) in [4.78, 5) is 23.6. The average Bonchev–Trinajstić information content (AvgIpc) is 2.59. The van der Waals surface area contributed by atoms with Crippen molar-refractivity contribution >= 4 is 12.1 Å². The second kappa shape index (κ2) is 5.09. The zero-order chi connectivity index (χ0) is 13.1. The Balaban J connectivity index is 2.67. The molecule has 0 unspecified atom stereocenters. The first kappa shape index (κ1) is 13.4. The van der Waals surface area contributed by atoms with Crippen LogP contribution in [0.4, 0.5) is 4.79 Å². The van der Waals surface area contributed by atoms with Crippen LogP contribution < -0.4 is 0 Å². The fourth-order valence-corrected chi connectivity index (χ4v) is 1.60. The van der Waals surface area contributed by atoms with Gasteiger partial charge in [0.1, 0.15) is 5.60 Å². The van der Waals surface area contributed by atoms with Gasteiger partial charge in [-0.2, -0.15) is 0 Å². The third kappa shape index (κ3) is 4.35. The summed E-state index contributed by atoms with van der Waals surface area (Å²) in [6, 6.07) is -0.346. The molecule has 5 heteroatoms. The lowest BCUT2D eigenvalue weighted by Crippen LogP contribution is -2.39. The molecule has 0 aromatic rings. The summed E-state index contributed by atoms with van der Waals surface area (Å²) in [6.07, 6.45) is 1.08. The average molecular weight is 239 g/mol. The van der Waals surface area contributed by atoms with Crippen molar-refractivity contribution in [2.45, 2.75) is 45.3 Å². The van der Waals surface area contributed by atoms with Crippen molar-refractivity contribution in [2.24, 2.45) is 0 Å². The van der Waals surface area contributed by atoms with E-state index >= 15 is 0 Å². The quantitative estimate of drug-likeness (QED) is 0.650. The minimum Gasteiger partial charge on any atom is -0.472 e. The molecule has 17 heavy (non-hydrogen) atoms. The summed E-state index contributed by atoms with van der Waals surface area (Å²) in [5.41, 5.74) is -0.551. The number of ether oxygens (including phenoxy) is 1. The number of carbonyl (C=O) groups is 2. The van der Waals surface area contributed by atoms with Crippen LogP contribution in [0.2, 0.25) is 0 Å². The number of carboxylic acid groups (broad SMARTS) is 1. The molecule has 0 aromatic carbocycles. The van der Waals surface area contributed by atoms with E-state index in [4.69, 9.17) is 9.84 Å². The van der Waals surface area contributed by atoms with Gasteiger partial charge in [-0.25, -0.2) is 9.59 Å². The highest BCUT2D eigenvalue weighted by Gasteiger charge is 2.31. The molecular formula is C12H17NO4. The number of hydrogen-bond acceptors (Lipinski definition) is 3. The van der Waals surface area contributed by atoms with Crippen molar-refractivity contribution < 1.29 is 19.4 Å². The lowest BCUT2D eigenvalue weighted by Gasteiger charge is -2.26. The maximum atomic E-state index is 11.8. The molecule has 1 fully saturated rings. The number of carboxylic acids is 1. The molecule has 1 heterocycles. The Labute approximate surface area is 101 Å². The van der Waals surface area contributed by atoms with Gasteiger partial charge in [-0.1, -0.05) is 5.92 Å². The van der Waals surface area contributed by atoms with Crippen molar-refractivity contribution in [1.29, 1.82) is 0 Å². The number of nitrogens with zero attached hydrogens (tertiary/aromatic N) is 1. The van der Waals surface area contributed by atoms with Crippen LogP contribution in [0, 0.1) is 11.8 Å². The number of amides is 1. The Kier molecular flexibility index (Phi) is 4.00. The van der Waals surface area contributed by atoms with Gasteiger partial charge in [-0.15, -0.1) is 0 Å². The first-order valence-corrected chi connectivity index (χ1v) is 5.54. The molecule has 1 N–H and O–H groups in total. The molecule has 1 atom stereocenters. The number of aliphatic carboxylic acids is 1. The summed E-state index contributed by atoms with van der Waals surface area (Å²) in [5.74, 6) is 3.45. The van der Waals surface area contributed by atoms with Gasteiger partial charge < -0.3 is 9.84 Å². The van der Waals surface area contributed by atoms with E-state index in [-0.39, 0.29) is 6.04 Å². The molecule has 0 bridgehead atoms. The summed E-state index contributed by atoms with van der Waals surface area (Å²) in [6.45, 7) is 5.94. The van der Waals surface area contributed by atoms with Crippen molar-refractivity contribution in [3.05, 3.63) is 0 Å². The fourth-order valence-electron chi connectivity index (χ4n) is 1.60. The van der Waals surface area contributed by atoms with Gasteiger partial charge in [-0.05, 0) is 33.6 Å². The van der Waals surface area contributed by atoms with E-state index in [1.807, 2.05) is 0 Å². The molecule has 1 saturated heterocycles. The van der Waals surface area contributed by atoms with Gasteiger partial charge >= 0.3 is 12.1 Å². The Morgan fingerprint density at radius 2 is 2.06 bits per heavy atom. The number of hydrogen-bond donors (Lipinski definition) is 1. The monoisotopic (exact) mass is 239 g/mol. The minimum atomic E-state index is -1.18. The van der Waals surface area contributed by atoms with Crippen LogP contribution in [-0.2, 0) is 9.53 Å². The van der Waals surface area contributed by atoms with Gasteiger partial charge in [0.2, 0.25) is 0 Å². The van der Waals surface area contributed by atoms with E-state index in [0.29, 0.717) is 13.0 Å². The van der Waals surface area contributed by atoms with E-state index in [1.54, 1.807) is 20.8 Å². The highest BCUT2D eigenvalue weighted by atomic mass is 16.6. The number of likely N-dealkylation sites (tertiary alicyclic amines) is 1. The lowest BCUT2D eigenvalue weighted by molar-refractivity contribution is -0.130. The predicted molar refractivity (Wildman–Crippen MR) is 61.4 cm³/mol. The van der Waals surface area contributed by atoms with Crippen molar-refractivity contribution in [3.63, 3.8) is 0 Å². The molecule has 0 radical (unpaired) electrons. The second-order valence-corrected chi connectivity index (χ2v) is 4.91. The zero-order valence-corrected chi connectivity index (χ0v) is 10.3. The molecule has 0 aromatic heterocycles. The van der Waals surface area contributed by atoms with Gasteiger partial charge in [0.05, 0.1) is 6.04 Å². The molecule has 1 aliphatic heterocycles. The van der Waals surface area contributed by atoms with Crippen LogP contribution in [0.5, 0.6) is 0 Å². The van der Waals surface area contributed by atoms with Crippen LogP contribution in [0.15, 0.2) is 0 Å². The first-order chi connectivity index (χ1) is 7.79. The maximum absolute atomic E-state index is 11.8. The number of carbonyl (C=O) groups excluding carboxylic acids is 1. The minimum absolute atomic E-state index is 0.346. The molecule has 5 nitrogen and oxygen atoms in total. The van der Waals surface area contributed by atoms with Gasteiger partial charge in [-0.3, -0.25) is 4.90 Å².